The van der Waals surface area contributed by atoms with Gasteiger partial charge >= 0.3 is 5.97 Å². The van der Waals surface area contributed by atoms with Crippen LogP contribution in [0.4, 0.5) is 0 Å². The summed E-state index contributed by atoms with van der Waals surface area (Å²) in [4.78, 5) is 25.4. The zero-order chi connectivity index (χ0) is 23.6. The SMILES string of the molecule is CCCC(=O)O[C@]1(C)C(O)[C@@H](C)[C@@]2(O)[C@@H](C=C(CO)C[C@]3(O)C(=O)C(C)=C[C@@H]23)C1(C)C. The summed E-state index contributed by atoms with van der Waals surface area (Å²) in [6.45, 7) is 10.0. The summed E-state index contributed by atoms with van der Waals surface area (Å²) in [5, 5.41) is 45.1. The fourth-order valence-corrected chi connectivity index (χ4v) is 6.19. The average Bonchev–Trinajstić information content (AvgIpc) is 2.86. The summed E-state index contributed by atoms with van der Waals surface area (Å²) in [7, 11) is 0. The molecule has 3 rings (SSSR count). The summed E-state index contributed by atoms with van der Waals surface area (Å²) in [5.41, 5.74) is -5.16. The van der Waals surface area contributed by atoms with Gasteiger partial charge in [-0.3, -0.25) is 9.59 Å². The van der Waals surface area contributed by atoms with Crippen LogP contribution in [0.25, 0.3) is 0 Å². The molecule has 3 aliphatic rings. The molecule has 1 unspecified atom stereocenters. The van der Waals surface area contributed by atoms with Crippen LogP contribution in [0.5, 0.6) is 0 Å². The van der Waals surface area contributed by atoms with Crippen LogP contribution < -0.4 is 0 Å². The van der Waals surface area contributed by atoms with Gasteiger partial charge in [0.2, 0.25) is 0 Å². The van der Waals surface area contributed by atoms with Crippen LogP contribution in [0.2, 0.25) is 0 Å². The van der Waals surface area contributed by atoms with Crippen molar-refractivity contribution < 1.29 is 34.8 Å². The second kappa shape index (κ2) is 7.51. The van der Waals surface area contributed by atoms with Gasteiger partial charge < -0.3 is 25.2 Å². The quantitative estimate of drug-likeness (QED) is 0.390. The Balaban J connectivity index is 2.23. The Morgan fingerprint density at radius 2 is 1.81 bits per heavy atom. The molecule has 0 aliphatic heterocycles. The molecule has 0 amide bonds. The second-order valence-corrected chi connectivity index (χ2v) is 10.4. The molecule has 0 saturated heterocycles. The number of hydrogen-bond donors (Lipinski definition) is 4. The number of hydrogen-bond acceptors (Lipinski definition) is 7. The van der Waals surface area contributed by atoms with E-state index in [0.717, 1.165) is 0 Å². The highest BCUT2D eigenvalue weighted by Gasteiger charge is 2.72. The van der Waals surface area contributed by atoms with Gasteiger partial charge in [0.25, 0.3) is 0 Å². The fraction of sp³-hybridized carbons (Fsp3) is 0.750. The zero-order valence-corrected chi connectivity index (χ0v) is 19.3. The van der Waals surface area contributed by atoms with Gasteiger partial charge in [0.1, 0.15) is 11.2 Å². The number of carbonyl (C=O) groups excluding carboxylic acids is 2. The van der Waals surface area contributed by atoms with Gasteiger partial charge in [-0.15, -0.1) is 0 Å². The summed E-state index contributed by atoms with van der Waals surface area (Å²) < 4.78 is 5.86. The predicted octanol–water partition coefficient (Wildman–Crippen LogP) is 1.67. The molecule has 7 atom stereocenters. The summed E-state index contributed by atoms with van der Waals surface area (Å²) >= 11 is 0. The molecule has 3 aliphatic carbocycles. The van der Waals surface area contributed by atoms with E-state index in [4.69, 9.17) is 4.74 Å². The van der Waals surface area contributed by atoms with Crippen LogP contribution in [0, 0.1) is 23.2 Å². The summed E-state index contributed by atoms with van der Waals surface area (Å²) in [6.07, 6.45) is 2.76. The van der Waals surface area contributed by atoms with Crippen molar-refractivity contribution in [2.24, 2.45) is 23.2 Å². The van der Waals surface area contributed by atoms with E-state index in [1.807, 2.05) is 6.92 Å². The van der Waals surface area contributed by atoms with E-state index in [9.17, 15) is 30.0 Å². The first-order valence-electron chi connectivity index (χ1n) is 11.1. The Hall–Kier alpha value is -1.54. The number of ether oxygens (including phenoxy) is 1. The smallest absolute Gasteiger partial charge is 0.306 e. The highest BCUT2D eigenvalue weighted by molar-refractivity contribution is 6.04. The van der Waals surface area contributed by atoms with Crippen molar-refractivity contribution in [3.05, 3.63) is 23.3 Å². The minimum absolute atomic E-state index is 0.106. The van der Waals surface area contributed by atoms with Gasteiger partial charge in [0.15, 0.2) is 5.78 Å². The fourth-order valence-electron chi connectivity index (χ4n) is 6.19. The first kappa shape index (κ1) is 24.1. The van der Waals surface area contributed by atoms with E-state index in [0.29, 0.717) is 17.6 Å². The number of fused-ring (bicyclic) bond motifs is 3. The Morgan fingerprint density at radius 3 is 2.35 bits per heavy atom. The Kier molecular flexibility index (Phi) is 5.84. The van der Waals surface area contributed by atoms with Gasteiger partial charge in [-0.05, 0) is 31.4 Å². The van der Waals surface area contributed by atoms with Gasteiger partial charge in [-0.2, -0.15) is 0 Å². The largest absolute Gasteiger partial charge is 0.456 e. The van der Waals surface area contributed by atoms with E-state index in [1.54, 1.807) is 46.8 Å². The van der Waals surface area contributed by atoms with Crippen molar-refractivity contribution in [3.8, 4) is 0 Å². The highest BCUT2D eigenvalue weighted by Crippen LogP contribution is 2.63. The molecule has 0 spiro atoms. The maximum atomic E-state index is 12.9. The van der Waals surface area contributed by atoms with Gasteiger partial charge in [0, 0.05) is 36.0 Å². The van der Waals surface area contributed by atoms with Crippen molar-refractivity contribution in [2.75, 3.05) is 6.61 Å². The third kappa shape index (κ3) is 3.08. The van der Waals surface area contributed by atoms with Crippen LogP contribution in [0.15, 0.2) is 23.3 Å². The van der Waals surface area contributed by atoms with Crippen LogP contribution in [-0.4, -0.2) is 61.7 Å². The van der Waals surface area contributed by atoms with Crippen molar-refractivity contribution in [1.29, 1.82) is 0 Å². The Labute approximate surface area is 183 Å². The predicted molar refractivity (Wildman–Crippen MR) is 114 cm³/mol. The van der Waals surface area contributed by atoms with E-state index in [1.165, 1.54) is 0 Å². The number of Topliss-reactive ketones (excluding diaryl/α,β-unsaturated/α-hetero) is 1. The lowest BCUT2D eigenvalue weighted by Gasteiger charge is -2.63. The monoisotopic (exact) mass is 436 g/mol. The Morgan fingerprint density at radius 1 is 1.19 bits per heavy atom. The molecule has 1 fully saturated rings. The average molecular weight is 437 g/mol. The number of aliphatic hydroxyl groups is 4. The highest BCUT2D eigenvalue weighted by atomic mass is 16.6. The topological polar surface area (TPSA) is 124 Å². The summed E-state index contributed by atoms with van der Waals surface area (Å²) in [6, 6.07) is 0. The van der Waals surface area contributed by atoms with Gasteiger partial charge in [-0.25, -0.2) is 0 Å². The molecule has 0 aromatic rings. The number of esters is 1. The van der Waals surface area contributed by atoms with Crippen LogP contribution in [-0.2, 0) is 14.3 Å². The molecule has 0 bridgehead atoms. The number of rotatable bonds is 4. The van der Waals surface area contributed by atoms with E-state index >= 15 is 0 Å². The molecule has 31 heavy (non-hydrogen) atoms. The van der Waals surface area contributed by atoms with Crippen LogP contribution >= 0.6 is 0 Å². The van der Waals surface area contributed by atoms with Crippen molar-refractivity contribution in [3.63, 3.8) is 0 Å². The summed E-state index contributed by atoms with van der Waals surface area (Å²) in [5.74, 6) is -3.44. The lowest BCUT2D eigenvalue weighted by atomic mass is 9.47. The molecule has 7 heteroatoms. The zero-order valence-electron chi connectivity index (χ0n) is 19.3. The molecule has 0 radical (unpaired) electrons. The number of aliphatic hydroxyl groups excluding tert-OH is 2. The standard InChI is InChI=1S/C24H36O7/c1-7-8-18(26)31-22(6)20(28)14(3)24(30)16(21(22,4)5)10-15(12-25)11-23(29)17(24)9-13(2)19(23)27/h9-10,14,16-17,20,25,28-30H,7-8,11-12H2,1-6H3/t14-,16+,17-,20?,22-,23-,24-/m1/s1. The maximum absolute atomic E-state index is 12.9. The molecule has 1 saturated carbocycles. The van der Waals surface area contributed by atoms with E-state index < -0.39 is 57.8 Å². The lowest BCUT2D eigenvalue weighted by molar-refractivity contribution is -0.286. The van der Waals surface area contributed by atoms with Gasteiger partial charge in [-0.1, -0.05) is 39.8 Å². The van der Waals surface area contributed by atoms with E-state index in [-0.39, 0.29) is 19.4 Å². The second-order valence-electron chi connectivity index (χ2n) is 10.4. The lowest BCUT2D eigenvalue weighted by Crippen LogP contribution is -2.74. The third-order valence-electron chi connectivity index (χ3n) is 8.39. The van der Waals surface area contributed by atoms with Crippen LogP contribution in [0.3, 0.4) is 0 Å². The van der Waals surface area contributed by atoms with Crippen molar-refractivity contribution in [1.82, 2.24) is 0 Å². The molecule has 0 heterocycles. The van der Waals surface area contributed by atoms with Crippen LogP contribution in [0.1, 0.15) is 60.8 Å². The Bertz CT molecular complexity index is 843. The number of carbonyl (C=O) groups is 2. The van der Waals surface area contributed by atoms with Crippen molar-refractivity contribution in [2.45, 2.75) is 83.7 Å². The first-order valence-corrected chi connectivity index (χ1v) is 11.1. The normalized spacial score (nSPS) is 44.0. The maximum Gasteiger partial charge on any atom is 0.306 e. The number of ketones is 1. The third-order valence-corrected chi connectivity index (χ3v) is 8.39. The minimum atomic E-state index is -1.90. The van der Waals surface area contributed by atoms with E-state index in [2.05, 4.69) is 0 Å². The molecular weight excluding hydrogens is 400 g/mol. The van der Waals surface area contributed by atoms with Crippen molar-refractivity contribution >= 4 is 11.8 Å². The first-order chi connectivity index (χ1) is 14.2. The molecule has 4 N–H and O–H groups in total. The molecule has 174 valence electrons. The van der Waals surface area contributed by atoms with Gasteiger partial charge in [0.05, 0.1) is 18.3 Å². The molecular formula is C24H36O7. The molecule has 7 nitrogen and oxygen atoms in total. The minimum Gasteiger partial charge on any atom is -0.456 e. The molecule has 0 aromatic heterocycles. The molecule has 0 aromatic carbocycles.